The second kappa shape index (κ2) is 7.60. The lowest BCUT2D eigenvalue weighted by Gasteiger charge is -2.36. The molecule has 0 aliphatic carbocycles. The Morgan fingerprint density at radius 2 is 1.67 bits per heavy atom. The van der Waals surface area contributed by atoms with Gasteiger partial charge in [0.2, 0.25) is 0 Å². The van der Waals surface area contributed by atoms with E-state index in [9.17, 15) is 4.79 Å². The normalized spacial score (nSPS) is 14.5. The van der Waals surface area contributed by atoms with Crippen LogP contribution in [0.15, 0.2) is 30.3 Å². The summed E-state index contributed by atoms with van der Waals surface area (Å²) in [5.41, 5.74) is 6.59. The van der Waals surface area contributed by atoms with Crippen LogP contribution in [0.5, 0.6) is 0 Å². The molecule has 1 unspecified atom stereocenters. The molecule has 21 heavy (non-hydrogen) atoms. The van der Waals surface area contributed by atoms with Crippen molar-refractivity contribution in [2.24, 2.45) is 11.1 Å². The standard InChI is InChI=1S/C18H29NO2/c1-5-17(4,14-18(19,6-2)7-3)16(20)21-13-15-11-9-8-10-12-15/h8-12H,5-7,13-14,19H2,1-4H3. The van der Waals surface area contributed by atoms with Gasteiger partial charge in [0.25, 0.3) is 0 Å². The van der Waals surface area contributed by atoms with Gasteiger partial charge in [0.15, 0.2) is 0 Å². The van der Waals surface area contributed by atoms with Crippen LogP contribution in [-0.4, -0.2) is 11.5 Å². The van der Waals surface area contributed by atoms with Gasteiger partial charge in [-0.15, -0.1) is 0 Å². The number of esters is 1. The molecule has 3 nitrogen and oxygen atoms in total. The Bertz CT molecular complexity index is 440. The fourth-order valence-electron chi connectivity index (χ4n) is 2.52. The smallest absolute Gasteiger partial charge is 0.312 e. The van der Waals surface area contributed by atoms with Crippen LogP contribution < -0.4 is 5.73 Å². The van der Waals surface area contributed by atoms with Gasteiger partial charge < -0.3 is 10.5 Å². The van der Waals surface area contributed by atoms with E-state index in [4.69, 9.17) is 10.5 Å². The van der Waals surface area contributed by atoms with Crippen molar-refractivity contribution in [2.45, 2.75) is 65.5 Å². The maximum Gasteiger partial charge on any atom is 0.312 e. The molecule has 118 valence electrons. The Labute approximate surface area is 128 Å². The molecule has 0 radical (unpaired) electrons. The summed E-state index contributed by atoms with van der Waals surface area (Å²) in [6.45, 7) is 8.47. The number of benzene rings is 1. The third-order valence-electron chi connectivity index (χ3n) is 4.64. The van der Waals surface area contributed by atoms with Crippen molar-refractivity contribution in [3.05, 3.63) is 35.9 Å². The molecule has 0 heterocycles. The highest BCUT2D eigenvalue weighted by molar-refractivity contribution is 5.76. The van der Waals surface area contributed by atoms with Crippen molar-refractivity contribution in [2.75, 3.05) is 0 Å². The van der Waals surface area contributed by atoms with Crippen molar-refractivity contribution >= 4 is 5.97 Å². The lowest BCUT2D eigenvalue weighted by atomic mass is 9.73. The van der Waals surface area contributed by atoms with Crippen molar-refractivity contribution in [1.82, 2.24) is 0 Å². The Morgan fingerprint density at radius 3 is 2.14 bits per heavy atom. The molecule has 0 amide bonds. The Kier molecular flexibility index (Phi) is 6.41. The molecule has 1 rings (SSSR count). The number of ether oxygens (including phenoxy) is 1. The zero-order valence-electron chi connectivity index (χ0n) is 13.8. The van der Waals surface area contributed by atoms with Gasteiger partial charge in [-0.1, -0.05) is 51.1 Å². The van der Waals surface area contributed by atoms with Crippen LogP contribution >= 0.6 is 0 Å². The summed E-state index contributed by atoms with van der Waals surface area (Å²) in [5, 5.41) is 0. The van der Waals surface area contributed by atoms with Gasteiger partial charge in [0.1, 0.15) is 6.61 Å². The van der Waals surface area contributed by atoms with Crippen molar-refractivity contribution in [3.8, 4) is 0 Å². The summed E-state index contributed by atoms with van der Waals surface area (Å²) in [4.78, 5) is 12.5. The molecule has 1 atom stereocenters. The predicted molar refractivity (Wildman–Crippen MR) is 86.8 cm³/mol. The first-order valence-electron chi connectivity index (χ1n) is 7.89. The summed E-state index contributed by atoms with van der Waals surface area (Å²) in [6.07, 6.45) is 3.13. The molecule has 0 aliphatic heterocycles. The van der Waals surface area contributed by atoms with Gasteiger partial charge in [-0.2, -0.15) is 0 Å². The van der Waals surface area contributed by atoms with E-state index in [0.717, 1.165) is 24.8 Å². The molecule has 0 aromatic heterocycles. The molecule has 1 aromatic carbocycles. The van der Waals surface area contributed by atoms with E-state index in [-0.39, 0.29) is 11.5 Å². The van der Waals surface area contributed by atoms with Crippen molar-refractivity contribution in [1.29, 1.82) is 0 Å². The van der Waals surface area contributed by atoms with Gasteiger partial charge >= 0.3 is 5.97 Å². The van der Waals surface area contributed by atoms with Gasteiger partial charge in [0, 0.05) is 5.54 Å². The maximum atomic E-state index is 12.5. The molecule has 1 aromatic rings. The fraction of sp³-hybridized carbons (Fsp3) is 0.611. The molecule has 0 bridgehead atoms. The SMILES string of the molecule is CCC(N)(CC)CC(C)(CC)C(=O)OCc1ccccc1. The van der Waals surface area contributed by atoms with Crippen LogP contribution in [0.1, 0.15) is 58.9 Å². The number of rotatable bonds is 8. The second-order valence-electron chi connectivity index (χ2n) is 6.22. The van der Waals surface area contributed by atoms with Gasteiger partial charge in [-0.3, -0.25) is 4.79 Å². The summed E-state index contributed by atoms with van der Waals surface area (Å²) >= 11 is 0. The lowest BCUT2D eigenvalue weighted by molar-refractivity contribution is -0.158. The highest BCUT2D eigenvalue weighted by Gasteiger charge is 2.39. The molecule has 0 saturated carbocycles. The Morgan fingerprint density at radius 1 is 1.10 bits per heavy atom. The van der Waals surface area contributed by atoms with E-state index in [0.29, 0.717) is 13.0 Å². The summed E-state index contributed by atoms with van der Waals surface area (Å²) in [6, 6.07) is 9.76. The molecule has 3 heteroatoms. The Hall–Kier alpha value is -1.35. The molecule has 0 spiro atoms. The van der Waals surface area contributed by atoms with E-state index in [1.165, 1.54) is 0 Å². The molecular weight excluding hydrogens is 262 g/mol. The minimum atomic E-state index is -0.518. The van der Waals surface area contributed by atoms with Gasteiger partial charge in [-0.05, 0) is 38.2 Å². The van der Waals surface area contributed by atoms with E-state index in [1.807, 2.05) is 44.2 Å². The topological polar surface area (TPSA) is 52.3 Å². The van der Waals surface area contributed by atoms with E-state index >= 15 is 0 Å². The number of hydrogen-bond donors (Lipinski definition) is 1. The highest BCUT2D eigenvalue weighted by atomic mass is 16.5. The summed E-state index contributed by atoms with van der Waals surface area (Å²) < 4.78 is 5.52. The van der Waals surface area contributed by atoms with E-state index < -0.39 is 5.41 Å². The number of carbonyl (C=O) groups is 1. The molecule has 0 fully saturated rings. The van der Waals surface area contributed by atoms with Crippen molar-refractivity contribution < 1.29 is 9.53 Å². The third-order valence-corrected chi connectivity index (χ3v) is 4.64. The number of hydrogen-bond acceptors (Lipinski definition) is 3. The zero-order chi connectivity index (χ0) is 15.9. The maximum absolute atomic E-state index is 12.5. The average molecular weight is 291 g/mol. The Balaban J connectivity index is 2.71. The zero-order valence-corrected chi connectivity index (χ0v) is 13.8. The van der Waals surface area contributed by atoms with Crippen LogP contribution in [0, 0.1) is 5.41 Å². The van der Waals surface area contributed by atoms with Gasteiger partial charge in [0.05, 0.1) is 5.41 Å². The van der Waals surface area contributed by atoms with Crippen LogP contribution in [-0.2, 0) is 16.1 Å². The first-order chi connectivity index (χ1) is 9.89. The molecule has 0 saturated heterocycles. The number of nitrogens with two attached hydrogens (primary N) is 1. The summed E-state index contributed by atoms with van der Waals surface area (Å²) in [5.74, 6) is -0.148. The van der Waals surface area contributed by atoms with E-state index in [1.54, 1.807) is 0 Å². The fourth-order valence-corrected chi connectivity index (χ4v) is 2.52. The van der Waals surface area contributed by atoms with Crippen molar-refractivity contribution in [3.63, 3.8) is 0 Å². The monoisotopic (exact) mass is 291 g/mol. The number of carbonyl (C=O) groups excluding carboxylic acids is 1. The van der Waals surface area contributed by atoms with Crippen LogP contribution in [0.3, 0.4) is 0 Å². The van der Waals surface area contributed by atoms with E-state index in [2.05, 4.69) is 13.8 Å². The van der Waals surface area contributed by atoms with Crippen LogP contribution in [0.25, 0.3) is 0 Å². The first-order valence-corrected chi connectivity index (χ1v) is 7.89. The van der Waals surface area contributed by atoms with Crippen LogP contribution in [0.4, 0.5) is 0 Å². The molecule has 0 aliphatic rings. The minimum absolute atomic E-state index is 0.148. The quantitative estimate of drug-likeness (QED) is 0.735. The molecular formula is C18H29NO2. The lowest BCUT2D eigenvalue weighted by Crippen LogP contribution is -2.46. The van der Waals surface area contributed by atoms with Gasteiger partial charge in [-0.25, -0.2) is 0 Å². The molecule has 2 N–H and O–H groups in total. The van der Waals surface area contributed by atoms with Crippen LogP contribution in [0.2, 0.25) is 0 Å². The first kappa shape index (κ1) is 17.7. The summed E-state index contributed by atoms with van der Waals surface area (Å²) in [7, 11) is 0. The predicted octanol–water partition coefficient (Wildman–Crippen LogP) is 4.05. The third kappa shape index (κ3) is 4.85. The average Bonchev–Trinajstić information content (AvgIpc) is 2.53. The largest absolute Gasteiger partial charge is 0.460 e. The highest BCUT2D eigenvalue weighted by Crippen LogP contribution is 2.35. The minimum Gasteiger partial charge on any atom is -0.460 e. The second-order valence-corrected chi connectivity index (χ2v) is 6.22.